The van der Waals surface area contributed by atoms with Crippen LogP contribution in [-0.4, -0.2) is 78.8 Å². The first-order valence-corrected chi connectivity index (χ1v) is 8.92. The molecule has 1 saturated heterocycles. The van der Waals surface area contributed by atoms with Crippen LogP contribution in [0.5, 0.6) is 0 Å². The second-order valence-corrected chi connectivity index (χ2v) is 7.08. The monoisotopic (exact) mass is 327 g/mol. The molecule has 0 spiro atoms. The highest BCUT2D eigenvalue weighted by atomic mass is 16.2. The molecule has 1 aromatic heterocycles. The Hall–Kier alpha value is -1.79. The zero-order chi connectivity index (χ0) is 16.5. The summed E-state index contributed by atoms with van der Waals surface area (Å²) in [6.07, 6.45) is 4.27. The van der Waals surface area contributed by atoms with E-state index in [1.54, 1.807) is 0 Å². The molecular formula is C18H25N5O. The van der Waals surface area contributed by atoms with E-state index in [4.69, 9.17) is 4.99 Å². The summed E-state index contributed by atoms with van der Waals surface area (Å²) in [5.41, 5.74) is 3.43. The lowest BCUT2D eigenvalue weighted by molar-refractivity contribution is -0.131. The first-order chi connectivity index (χ1) is 11.7. The molecule has 1 N–H and O–H groups in total. The topological polar surface area (TPSA) is 60.8 Å². The number of pyridine rings is 1. The Morgan fingerprint density at radius 2 is 2.12 bits per heavy atom. The average molecular weight is 327 g/mol. The van der Waals surface area contributed by atoms with Gasteiger partial charge in [0.1, 0.15) is 0 Å². The van der Waals surface area contributed by atoms with Crippen molar-refractivity contribution in [3.63, 3.8) is 0 Å². The number of piperazine rings is 1. The number of hydrogen-bond acceptors (Lipinski definition) is 5. The minimum Gasteiger partial charge on any atom is -0.339 e. The number of nitrogens with zero attached hydrogens (tertiary/aromatic N) is 4. The summed E-state index contributed by atoms with van der Waals surface area (Å²) in [5, 5.41) is 3.34. The van der Waals surface area contributed by atoms with E-state index in [-0.39, 0.29) is 11.8 Å². The predicted molar refractivity (Wildman–Crippen MR) is 93.5 cm³/mol. The number of hydrogen-bond donors (Lipinski definition) is 1. The molecule has 1 atom stereocenters. The standard InChI is InChI=1S/C18H25N5O/c1-22-6-8-23(9-7-22)17(24)12-19-11-15-16-10-13(4-5-20-16)18(15)21-14-2-3-14/h4-5,10,14-15,19H,2-3,6-9,11-12H2,1H3. The zero-order valence-electron chi connectivity index (χ0n) is 14.2. The summed E-state index contributed by atoms with van der Waals surface area (Å²) in [6, 6.07) is 4.68. The van der Waals surface area contributed by atoms with Crippen molar-refractivity contribution in [2.45, 2.75) is 24.8 Å². The van der Waals surface area contributed by atoms with E-state index in [1.165, 1.54) is 18.4 Å². The lowest BCUT2D eigenvalue weighted by atomic mass is 10.0. The van der Waals surface area contributed by atoms with Crippen LogP contribution in [0.15, 0.2) is 23.3 Å². The van der Waals surface area contributed by atoms with Gasteiger partial charge < -0.3 is 15.1 Å². The molecule has 1 aromatic rings. The lowest BCUT2D eigenvalue weighted by Crippen LogP contribution is -2.49. The molecule has 6 heteroatoms. The molecule has 2 heterocycles. The van der Waals surface area contributed by atoms with Gasteiger partial charge in [-0.1, -0.05) is 0 Å². The first-order valence-electron chi connectivity index (χ1n) is 8.92. The summed E-state index contributed by atoms with van der Waals surface area (Å²) in [4.78, 5) is 25.9. The molecule has 1 amide bonds. The lowest BCUT2D eigenvalue weighted by Gasteiger charge is -2.32. The van der Waals surface area contributed by atoms with Crippen molar-refractivity contribution in [3.05, 3.63) is 29.6 Å². The average Bonchev–Trinajstić information content (AvgIpc) is 3.38. The van der Waals surface area contributed by atoms with Crippen molar-refractivity contribution < 1.29 is 4.79 Å². The molecule has 2 aliphatic carbocycles. The zero-order valence-corrected chi connectivity index (χ0v) is 14.2. The molecule has 0 radical (unpaired) electrons. The van der Waals surface area contributed by atoms with Crippen LogP contribution in [0.2, 0.25) is 0 Å². The Balaban J connectivity index is 1.32. The highest BCUT2D eigenvalue weighted by Gasteiger charge is 2.31. The molecule has 1 unspecified atom stereocenters. The van der Waals surface area contributed by atoms with Crippen LogP contribution in [-0.2, 0) is 4.79 Å². The van der Waals surface area contributed by atoms with E-state index in [0.717, 1.165) is 44.1 Å². The summed E-state index contributed by atoms with van der Waals surface area (Å²) in [7, 11) is 2.10. The van der Waals surface area contributed by atoms with E-state index in [1.807, 2.05) is 17.2 Å². The van der Waals surface area contributed by atoms with Crippen LogP contribution in [0.3, 0.4) is 0 Å². The minimum atomic E-state index is 0.191. The Labute approximate surface area is 143 Å². The van der Waals surface area contributed by atoms with Gasteiger partial charge in [-0.05, 0) is 37.6 Å². The highest BCUT2D eigenvalue weighted by Crippen LogP contribution is 2.32. The summed E-state index contributed by atoms with van der Waals surface area (Å²) in [5.74, 6) is 0.386. The molecule has 128 valence electrons. The van der Waals surface area contributed by atoms with Gasteiger partial charge in [-0.2, -0.15) is 0 Å². The molecule has 1 saturated carbocycles. The maximum absolute atomic E-state index is 12.3. The summed E-state index contributed by atoms with van der Waals surface area (Å²) >= 11 is 0. The molecule has 4 rings (SSSR count). The van der Waals surface area contributed by atoms with Crippen molar-refractivity contribution in [1.82, 2.24) is 20.1 Å². The van der Waals surface area contributed by atoms with Gasteiger partial charge in [0.25, 0.3) is 0 Å². The summed E-state index contributed by atoms with van der Waals surface area (Å²) in [6.45, 7) is 4.71. The first kappa shape index (κ1) is 15.7. The third-order valence-electron chi connectivity index (χ3n) is 5.11. The van der Waals surface area contributed by atoms with Gasteiger partial charge in [-0.25, -0.2) is 0 Å². The van der Waals surface area contributed by atoms with Gasteiger partial charge in [0.05, 0.1) is 29.9 Å². The van der Waals surface area contributed by atoms with Crippen molar-refractivity contribution in [2.24, 2.45) is 4.99 Å². The van der Waals surface area contributed by atoms with Crippen LogP contribution in [0, 0.1) is 0 Å². The number of fused-ring (bicyclic) bond motifs is 2. The number of nitrogens with one attached hydrogen (secondary N) is 1. The van der Waals surface area contributed by atoms with E-state index >= 15 is 0 Å². The normalized spacial score (nSPS) is 25.5. The van der Waals surface area contributed by atoms with Crippen molar-refractivity contribution in [3.8, 4) is 0 Å². The van der Waals surface area contributed by atoms with Crippen LogP contribution >= 0.6 is 0 Å². The fourth-order valence-corrected chi connectivity index (χ4v) is 3.40. The SMILES string of the molecule is CN1CCN(C(=O)CNCC2C(=NC3CC3)c3ccnc2c3)CC1. The molecule has 2 fully saturated rings. The Morgan fingerprint density at radius 1 is 1.33 bits per heavy atom. The summed E-state index contributed by atoms with van der Waals surface area (Å²) < 4.78 is 0. The molecule has 6 nitrogen and oxygen atoms in total. The Morgan fingerprint density at radius 3 is 2.88 bits per heavy atom. The molecular weight excluding hydrogens is 302 g/mol. The van der Waals surface area contributed by atoms with Gasteiger partial charge >= 0.3 is 0 Å². The van der Waals surface area contributed by atoms with Crippen LogP contribution < -0.4 is 5.32 Å². The molecule has 0 aromatic carbocycles. The number of likely N-dealkylation sites (N-methyl/N-ethyl adjacent to an activating group) is 1. The van der Waals surface area contributed by atoms with Gasteiger partial charge in [0, 0.05) is 38.9 Å². The number of amides is 1. The fraction of sp³-hybridized carbons (Fsp3) is 0.611. The number of rotatable bonds is 5. The van der Waals surface area contributed by atoms with E-state index in [2.05, 4.69) is 28.3 Å². The third-order valence-corrected chi connectivity index (χ3v) is 5.11. The number of aliphatic imine (C=N–C) groups is 1. The Bertz CT molecular complexity index is 647. The molecule has 1 aliphatic heterocycles. The van der Waals surface area contributed by atoms with Crippen molar-refractivity contribution in [2.75, 3.05) is 46.3 Å². The molecule has 2 bridgehead atoms. The van der Waals surface area contributed by atoms with E-state index < -0.39 is 0 Å². The largest absolute Gasteiger partial charge is 0.339 e. The second-order valence-electron chi connectivity index (χ2n) is 7.08. The van der Waals surface area contributed by atoms with Crippen molar-refractivity contribution in [1.29, 1.82) is 0 Å². The highest BCUT2D eigenvalue weighted by molar-refractivity contribution is 6.08. The quantitative estimate of drug-likeness (QED) is 0.855. The van der Waals surface area contributed by atoms with Gasteiger partial charge in [-0.15, -0.1) is 0 Å². The van der Waals surface area contributed by atoms with E-state index in [9.17, 15) is 4.79 Å². The van der Waals surface area contributed by atoms with Gasteiger partial charge in [0.15, 0.2) is 0 Å². The second kappa shape index (κ2) is 6.61. The molecule has 24 heavy (non-hydrogen) atoms. The predicted octanol–water partition coefficient (Wildman–Crippen LogP) is 0.494. The molecule has 3 aliphatic rings. The fourth-order valence-electron chi connectivity index (χ4n) is 3.40. The van der Waals surface area contributed by atoms with Gasteiger partial charge in [0.2, 0.25) is 5.91 Å². The van der Waals surface area contributed by atoms with Crippen LogP contribution in [0.25, 0.3) is 0 Å². The Kier molecular flexibility index (Phi) is 4.33. The maximum atomic E-state index is 12.3. The van der Waals surface area contributed by atoms with Crippen LogP contribution in [0.4, 0.5) is 0 Å². The smallest absolute Gasteiger partial charge is 0.236 e. The third kappa shape index (κ3) is 3.35. The maximum Gasteiger partial charge on any atom is 0.236 e. The van der Waals surface area contributed by atoms with Crippen LogP contribution in [0.1, 0.15) is 30.0 Å². The number of carbonyl (C=O) groups is 1. The number of carbonyl (C=O) groups excluding carboxylic acids is 1. The number of aromatic nitrogens is 1. The van der Waals surface area contributed by atoms with Crippen molar-refractivity contribution >= 4 is 11.6 Å². The van der Waals surface area contributed by atoms with Gasteiger partial charge in [-0.3, -0.25) is 14.8 Å². The minimum absolute atomic E-state index is 0.191. The van der Waals surface area contributed by atoms with E-state index in [0.29, 0.717) is 12.6 Å².